The molecule has 0 fully saturated rings. The Morgan fingerprint density at radius 2 is 1.62 bits per heavy atom. The molecule has 0 heterocycles. The van der Waals surface area contributed by atoms with E-state index >= 15 is 0 Å². The van der Waals surface area contributed by atoms with Gasteiger partial charge in [0.05, 0.1) is 10.6 Å². The van der Waals surface area contributed by atoms with Crippen molar-refractivity contribution >= 4 is 37.2 Å². The van der Waals surface area contributed by atoms with E-state index < -0.39 is 10.0 Å². The standard InChI is InChI=1S/C21H18BrNO2S/c1-15-8-11-19(12-9-15)26(24,25)23-21-13-10-18(22)14-20(21)16(2)17-6-4-3-5-7-17/h3-14,23H,2H2,1H3. The second-order valence-electron chi connectivity index (χ2n) is 5.95. The molecule has 0 bridgehead atoms. The van der Waals surface area contributed by atoms with Crippen LogP contribution in [0.4, 0.5) is 5.69 Å². The maximum atomic E-state index is 12.8. The lowest BCUT2D eigenvalue weighted by atomic mass is 9.98. The first-order valence-corrected chi connectivity index (χ1v) is 10.3. The predicted molar refractivity (Wildman–Crippen MR) is 111 cm³/mol. The predicted octanol–water partition coefficient (Wildman–Crippen LogP) is 5.62. The van der Waals surface area contributed by atoms with Gasteiger partial charge in [-0.1, -0.05) is 70.5 Å². The maximum absolute atomic E-state index is 12.8. The highest BCUT2D eigenvalue weighted by molar-refractivity contribution is 9.10. The molecule has 132 valence electrons. The fraction of sp³-hybridized carbons (Fsp3) is 0.0476. The summed E-state index contributed by atoms with van der Waals surface area (Å²) < 4.78 is 29.1. The zero-order valence-electron chi connectivity index (χ0n) is 14.2. The van der Waals surface area contributed by atoms with E-state index in [0.717, 1.165) is 26.7 Å². The summed E-state index contributed by atoms with van der Waals surface area (Å²) in [6.45, 7) is 6.07. The Balaban J connectivity index is 2.01. The van der Waals surface area contributed by atoms with Crippen LogP contribution in [-0.2, 0) is 10.0 Å². The smallest absolute Gasteiger partial charge is 0.261 e. The molecule has 3 aromatic carbocycles. The highest BCUT2D eigenvalue weighted by Crippen LogP contribution is 2.32. The SMILES string of the molecule is C=C(c1ccccc1)c1cc(Br)ccc1NS(=O)(=O)c1ccc(C)cc1. The van der Waals surface area contributed by atoms with Gasteiger partial charge in [-0.3, -0.25) is 4.72 Å². The van der Waals surface area contributed by atoms with Crippen LogP contribution < -0.4 is 4.72 Å². The second-order valence-corrected chi connectivity index (χ2v) is 8.55. The van der Waals surface area contributed by atoms with Crippen molar-refractivity contribution in [2.24, 2.45) is 0 Å². The van der Waals surface area contributed by atoms with Gasteiger partial charge in [-0.2, -0.15) is 0 Å². The van der Waals surface area contributed by atoms with Crippen LogP contribution in [0.1, 0.15) is 16.7 Å². The van der Waals surface area contributed by atoms with Gasteiger partial charge < -0.3 is 0 Å². The monoisotopic (exact) mass is 427 g/mol. The van der Waals surface area contributed by atoms with Gasteiger partial charge in [0, 0.05) is 10.0 Å². The summed E-state index contributed by atoms with van der Waals surface area (Å²) in [5.41, 5.74) is 3.89. The molecule has 3 aromatic rings. The molecule has 5 heteroatoms. The summed E-state index contributed by atoms with van der Waals surface area (Å²) in [5.74, 6) is 0. The Morgan fingerprint density at radius 1 is 0.962 bits per heavy atom. The first-order valence-electron chi connectivity index (χ1n) is 8.00. The summed E-state index contributed by atoms with van der Waals surface area (Å²) in [5, 5.41) is 0. The summed E-state index contributed by atoms with van der Waals surface area (Å²) in [6, 6.07) is 21.8. The van der Waals surface area contributed by atoms with E-state index in [-0.39, 0.29) is 4.90 Å². The third-order valence-corrected chi connectivity index (χ3v) is 5.88. The summed E-state index contributed by atoms with van der Waals surface area (Å²) in [4.78, 5) is 0.224. The van der Waals surface area contributed by atoms with Gasteiger partial charge in [0.1, 0.15) is 0 Å². The molecule has 0 radical (unpaired) electrons. The number of rotatable bonds is 5. The van der Waals surface area contributed by atoms with Crippen LogP contribution in [0.2, 0.25) is 0 Å². The molecule has 0 spiro atoms. The molecule has 0 atom stereocenters. The van der Waals surface area contributed by atoms with Crippen LogP contribution in [0.15, 0.2) is 88.7 Å². The van der Waals surface area contributed by atoms with Crippen LogP contribution in [0.25, 0.3) is 5.57 Å². The normalized spacial score (nSPS) is 11.2. The minimum Gasteiger partial charge on any atom is -0.279 e. The summed E-state index contributed by atoms with van der Waals surface area (Å²) in [7, 11) is -3.69. The van der Waals surface area contributed by atoms with Crippen LogP contribution in [0.3, 0.4) is 0 Å². The van der Waals surface area contributed by atoms with Crippen molar-refractivity contribution in [2.75, 3.05) is 4.72 Å². The molecular formula is C21H18BrNO2S. The van der Waals surface area contributed by atoms with Gasteiger partial charge in [-0.05, 0) is 48.4 Å². The van der Waals surface area contributed by atoms with E-state index in [1.165, 1.54) is 0 Å². The number of nitrogens with one attached hydrogen (secondary N) is 1. The molecule has 1 N–H and O–H groups in total. The Bertz CT molecular complexity index is 1040. The molecule has 0 aromatic heterocycles. The fourth-order valence-corrected chi connectivity index (χ4v) is 4.01. The fourth-order valence-electron chi connectivity index (χ4n) is 2.57. The number of hydrogen-bond acceptors (Lipinski definition) is 2. The second kappa shape index (κ2) is 7.48. The van der Waals surface area contributed by atoms with E-state index in [1.807, 2.05) is 43.3 Å². The van der Waals surface area contributed by atoms with Crippen molar-refractivity contribution in [3.63, 3.8) is 0 Å². The largest absolute Gasteiger partial charge is 0.279 e. The average molecular weight is 428 g/mol. The Morgan fingerprint density at radius 3 is 2.27 bits per heavy atom. The Kier molecular flexibility index (Phi) is 5.30. The van der Waals surface area contributed by atoms with E-state index in [9.17, 15) is 8.42 Å². The molecular weight excluding hydrogens is 410 g/mol. The van der Waals surface area contributed by atoms with Gasteiger partial charge in [0.25, 0.3) is 10.0 Å². The maximum Gasteiger partial charge on any atom is 0.261 e. The number of benzene rings is 3. The minimum absolute atomic E-state index is 0.224. The Labute approximate surface area is 162 Å². The first-order chi connectivity index (χ1) is 12.4. The average Bonchev–Trinajstić information content (AvgIpc) is 2.63. The molecule has 0 aliphatic carbocycles. The molecule has 3 rings (SSSR count). The molecule has 0 aliphatic heterocycles. The lowest BCUT2D eigenvalue weighted by Crippen LogP contribution is -2.14. The molecule has 0 saturated carbocycles. The summed E-state index contributed by atoms with van der Waals surface area (Å²) >= 11 is 3.45. The highest BCUT2D eigenvalue weighted by atomic mass is 79.9. The highest BCUT2D eigenvalue weighted by Gasteiger charge is 2.17. The van der Waals surface area contributed by atoms with E-state index in [4.69, 9.17) is 0 Å². The molecule has 0 saturated heterocycles. The van der Waals surface area contributed by atoms with Gasteiger partial charge in [0.15, 0.2) is 0 Å². The lowest BCUT2D eigenvalue weighted by molar-refractivity contribution is 0.601. The zero-order chi connectivity index (χ0) is 18.7. The quantitative estimate of drug-likeness (QED) is 0.574. The van der Waals surface area contributed by atoms with Crippen molar-refractivity contribution < 1.29 is 8.42 Å². The van der Waals surface area contributed by atoms with Crippen molar-refractivity contribution in [3.8, 4) is 0 Å². The van der Waals surface area contributed by atoms with Gasteiger partial charge in [0.2, 0.25) is 0 Å². The van der Waals surface area contributed by atoms with Gasteiger partial charge in [-0.15, -0.1) is 0 Å². The van der Waals surface area contributed by atoms with Crippen molar-refractivity contribution in [1.29, 1.82) is 0 Å². The van der Waals surface area contributed by atoms with Crippen LogP contribution in [0.5, 0.6) is 0 Å². The first kappa shape index (κ1) is 18.4. The number of halogens is 1. The summed E-state index contributed by atoms with van der Waals surface area (Å²) in [6.07, 6.45) is 0. The van der Waals surface area contributed by atoms with Crippen molar-refractivity contribution in [2.45, 2.75) is 11.8 Å². The molecule has 3 nitrogen and oxygen atoms in total. The molecule has 26 heavy (non-hydrogen) atoms. The Hall–Kier alpha value is -2.37. The minimum atomic E-state index is -3.69. The number of hydrogen-bond donors (Lipinski definition) is 1. The third kappa shape index (κ3) is 4.06. The molecule has 0 unspecified atom stereocenters. The van der Waals surface area contributed by atoms with Crippen LogP contribution in [-0.4, -0.2) is 8.42 Å². The number of anilines is 1. The van der Waals surface area contributed by atoms with Crippen LogP contribution >= 0.6 is 15.9 Å². The lowest BCUT2D eigenvalue weighted by Gasteiger charge is -2.15. The van der Waals surface area contributed by atoms with Crippen LogP contribution in [0, 0.1) is 6.92 Å². The van der Waals surface area contributed by atoms with Gasteiger partial charge >= 0.3 is 0 Å². The molecule has 0 amide bonds. The van der Waals surface area contributed by atoms with E-state index in [0.29, 0.717) is 5.69 Å². The van der Waals surface area contributed by atoms with Gasteiger partial charge in [-0.25, -0.2) is 8.42 Å². The third-order valence-electron chi connectivity index (χ3n) is 4.00. The van der Waals surface area contributed by atoms with E-state index in [1.54, 1.807) is 36.4 Å². The van der Waals surface area contributed by atoms with Crippen molar-refractivity contribution in [1.82, 2.24) is 0 Å². The number of sulfonamides is 1. The van der Waals surface area contributed by atoms with Crippen molar-refractivity contribution in [3.05, 3.63) is 101 Å². The zero-order valence-corrected chi connectivity index (χ0v) is 16.6. The molecule has 0 aliphatic rings. The topological polar surface area (TPSA) is 46.2 Å². The van der Waals surface area contributed by atoms with E-state index in [2.05, 4.69) is 27.2 Å². The number of aryl methyl sites for hydroxylation is 1.